The smallest absolute Gasteiger partial charge is 0.338 e. The van der Waals surface area contributed by atoms with Crippen LogP contribution in [-0.4, -0.2) is 18.2 Å². The highest BCUT2D eigenvalue weighted by atomic mass is 79.9. The van der Waals surface area contributed by atoms with E-state index >= 15 is 0 Å². The number of carbonyl (C=O) groups excluding carboxylic acids is 1. The average Bonchev–Trinajstić information content (AvgIpc) is 2.45. The first-order valence-electron chi connectivity index (χ1n) is 5.74. The van der Waals surface area contributed by atoms with Crippen molar-refractivity contribution in [3.63, 3.8) is 0 Å². The minimum absolute atomic E-state index is 0.373. The van der Waals surface area contributed by atoms with Crippen molar-refractivity contribution >= 4 is 21.9 Å². The van der Waals surface area contributed by atoms with Gasteiger partial charge in [-0.15, -0.1) is 0 Å². The predicted molar refractivity (Wildman–Crippen MR) is 76.0 cm³/mol. The lowest BCUT2D eigenvalue weighted by Gasteiger charge is -2.15. The number of ether oxygens (including phenoxy) is 1. The van der Waals surface area contributed by atoms with E-state index in [9.17, 15) is 9.90 Å². The number of hydrogen-bond donors (Lipinski definition) is 1. The first-order chi connectivity index (χ1) is 9.13. The van der Waals surface area contributed by atoms with Gasteiger partial charge in [0.15, 0.2) is 0 Å². The van der Waals surface area contributed by atoms with Gasteiger partial charge in [0.1, 0.15) is 6.10 Å². The monoisotopic (exact) mass is 320 g/mol. The van der Waals surface area contributed by atoms with Gasteiger partial charge in [0.2, 0.25) is 0 Å². The maximum Gasteiger partial charge on any atom is 0.338 e. The van der Waals surface area contributed by atoms with Crippen molar-refractivity contribution in [1.29, 1.82) is 0 Å². The van der Waals surface area contributed by atoms with Gasteiger partial charge < -0.3 is 9.84 Å². The number of aliphatic hydroxyl groups excluding tert-OH is 1. The Morgan fingerprint density at radius 2 is 1.95 bits per heavy atom. The molecule has 0 aliphatic heterocycles. The summed E-state index contributed by atoms with van der Waals surface area (Å²) < 4.78 is 5.60. The summed E-state index contributed by atoms with van der Waals surface area (Å²) in [6.07, 6.45) is -0.868. The minimum atomic E-state index is -0.868. The molecule has 19 heavy (non-hydrogen) atoms. The molecule has 4 heteroatoms. The molecule has 2 rings (SSSR count). The van der Waals surface area contributed by atoms with Crippen LogP contribution in [0.25, 0.3) is 0 Å². The Labute approximate surface area is 120 Å². The number of halogens is 1. The Balaban J connectivity index is 2.44. The normalized spacial score (nSPS) is 11.9. The fourth-order valence-corrected chi connectivity index (χ4v) is 2.30. The van der Waals surface area contributed by atoms with E-state index < -0.39 is 12.1 Å². The Morgan fingerprint density at radius 3 is 2.63 bits per heavy atom. The van der Waals surface area contributed by atoms with E-state index in [1.165, 1.54) is 7.11 Å². The molecule has 1 atom stereocenters. The van der Waals surface area contributed by atoms with Gasteiger partial charge in [0.05, 0.1) is 12.7 Å². The van der Waals surface area contributed by atoms with Gasteiger partial charge in [-0.05, 0) is 29.3 Å². The third-order valence-electron chi connectivity index (χ3n) is 2.83. The highest BCUT2D eigenvalue weighted by Crippen LogP contribution is 2.27. The first-order valence-corrected chi connectivity index (χ1v) is 6.53. The van der Waals surface area contributed by atoms with Crippen molar-refractivity contribution < 1.29 is 14.6 Å². The molecule has 0 amide bonds. The third-order valence-corrected chi connectivity index (χ3v) is 3.32. The number of hydrogen-bond acceptors (Lipinski definition) is 3. The molecular formula is C15H13BrO3. The Bertz CT molecular complexity index is 595. The summed E-state index contributed by atoms with van der Waals surface area (Å²) in [7, 11) is 1.32. The standard InChI is InChI=1S/C15H13BrO3/c1-19-15(18)13-8-3-2-7-12(13)14(17)10-5-4-6-11(16)9-10/h2-9,14,17H,1H3. The number of esters is 1. The van der Waals surface area contributed by atoms with Crippen molar-refractivity contribution in [2.75, 3.05) is 7.11 Å². The minimum Gasteiger partial charge on any atom is -0.465 e. The molecule has 98 valence electrons. The van der Waals surface area contributed by atoms with Crippen LogP contribution in [0.3, 0.4) is 0 Å². The fraction of sp³-hybridized carbons (Fsp3) is 0.133. The molecule has 0 fully saturated rings. The van der Waals surface area contributed by atoms with Crippen LogP contribution < -0.4 is 0 Å². The van der Waals surface area contributed by atoms with Gasteiger partial charge in [-0.2, -0.15) is 0 Å². The van der Waals surface area contributed by atoms with Crippen LogP contribution in [0, 0.1) is 0 Å². The van der Waals surface area contributed by atoms with Crippen LogP contribution in [0.1, 0.15) is 27.6 Å². The Morgan fingerprint density at radius 1 is 1.21 bits per heavy atom. The maximum atomic E-state index is 11.7. The molecule has 0 saturated carbocycles. The molecule has 0 saturated heterocycles. The molecule has 1 N–H and O–H groups in total. The molecule has 0 spiro atoms. The molecule has 2 aromatic carbocycles. The third kappa shape index (κ3) is 3.03. The van der Waals surface area contributed by atoms with Crippen LogP contribution in [0.2, 0.25) is 0 Å². The Kier molecular flexibility index (Phi) is 4.35. The molecule has 0 heterocycles. The molecular weight excluding hydrogens is 308 g/mol. The van der Waals surface area contributed by atoms with Crippen LogP contribution in [0.15, 0.2) is 53.0 Å². The molecule has 0 aromatic heterocycles. The van der Waals surface area contributed by atoms with Crippen molar-refractivity contribution in [2.24, 2.45) is 0 Å². The number of benzene rings is 2. The summed E-state index contributed by atoms with van der Waals surface area (Å²) in [5, 5.41) is 10.4. The number of aliphatic hydroxyl groups is 1. The number of carbonyl (C=O) groups is 1. The summed E-state index contributed by atoms with van der Waals surface area (Å²) in [5.41, 5.74) is 1.62. The van der Waals surface area contributed by atoms with Crippen LogP contribution in [0.5, 0.6) is 0 Å². The summed E-state index contributed by atoms with van der Waals surface area (Å²) in [6, 6.07) is 14.2. The van der Waals surface area contributed by atoms with Gasteiger partial charge in [0, 0.05) is 4.47 Å². The van der Waals surface area contributed by atoms with Crippen LogP contribution in [-0.2, 0) is 4.74 Å². The summed E-state index contributed by atoms with van der Waals surface area (Å²) in [4.78, 5) is 11.7. The number of rotatable bonds is 3. The predicted octanol–water partition coefficient (Wildman–Crippen LogP) is 3.32. The quantitative estimate of drug-likeness (QED) is 0.882. The van der Waals surface area contributed by atoms with Gasteiger partial charge in [-0.25, -0.2) is 4.79 Å². The summed E-state index contributed by atoms with van der Waals surface area (Å²) in [5.74, 6) is -0.454. The first kappa shape index (κ1) is 13.8. The van der Waals surface area contributed by atoms with Crippen LogP contribution in [0.4, 0.5) is 0 Å². The van der Waals surface area contributed by atoms with E-state index in [-0.39, 0.29) is 0 Å². The molecule has 0 radical (unpaired) electrons. The van der Waals surface area contributed by atoms with E-state index in [4.69, 9.17) is 4.74 Å². The molecule has 1 unspecified atom stereocenters. The van der Waals surface area contributed by atoms with Gasteiger partial charge >= 0.3 is 5.97 Å². The number of methoxy groups -OCH3 is 1. The summed E-state index contributed by atoms with van der Waals surface area (Å²) in [6.45, 7) is 0. The summed E-state index contributed by atoms with van der Waals surface area (Å²) >= 11 is 3.36. The average molecular weight is 321 g/mol. The molecule has 2 aromatic rings. The van der Waals surface area contributed by atoms with E-state index in [1.807, 2.05) is 24.3 Å². The van der Waals surface area contributed by atoms with Gasteiger partial charge in [0.25, 0.3) is 0 Å². The lowest BCUT2D eigenvalue weighted by Crippen LogP contribution is -2.10. The van der Waals surface area contributed by atoms with E-state index in [1.54, 1.807) is 24.3 Å². The zero-order chi connectivity index (χ0) is 13.8. The molecule has 3 nitrogen and oxygen atoms in total. The Hall–Kier alpha value is -1.65. The molecule has 0 aliphatic carbocycles. The van der Waals surface area contributed by atoms with Gasteiger partial charge in [-0.1, -0.05) is 46.3 Å². The zero-order valence-electron chi connectivity index (χ0n) is 10.3. The van der Waals surface area contributed by atoms with Crippen molar-refractivity contribution in [3.05, 3.63) is 69.7 Å². The lowest BCUT2D eigenvalue weighted by atomic mass is 9.97. The van der Waals surface area contributed by atoms with Crippen molar-refractivity contribution in [3.8, 4) is 0 Å². The zero-order valence-corrected chi connectivity index (χ0v) is 11.9. The largest absolute Gasteiger partial charge is 0.465 e. The highest BCUT2D eigenvalue weighted by molar-refractivity contribution is 9.10. The van der Waals surface area contributed by atoms with E-state index in [0.717, 1.165) is 4.47 Å². The maximum absolute atomic E-state index is 11.7. The highest BCUT2D eigenvalue weighted by Gasteiger charge is 2.18. The van der Waals surface area contributed by atoms with E-state index in [2.05, 4.69) is 15.9 Å². The van der Waals surface area contributed by atoms with Gasteiger partial charge in [-0.3, -0.25) is 0 Å². The SMILES string of the molecule is COC(=O)c1ccccc1C(O)c1cccc(Br)c1. The second kappa shape index (κ2) is 5.99. The van der Waals surface area contributed by atoms with Crippen molar-refractivity contribution in [1.82, 2.24) is 0 Å². The fourth-order valence-electron chi connectivity index (χ4n) is 1.89. The lowest BCUT2D eigenvalue weighted by molar-refractivity contribution is 0.0595. The van der Waals surface area contributed by atoms with Crippen molar-refractivity contribution in [2.45, 2.75) is 6.10 Å². The molecule has 0 aliphatic rings. The van der Waals surface area contributed by atoms with E-state index in [0.29, 0.717) is 16.7 Å². The van der Waals surface area contributed by atoms with Crippen LogP contribution >= 0.6 is 15.9 Å². The molecule has 0 bridgehead atoms. The topological polar surface area (TPSA) is 46.5 Å². The second-order valence-corrected chi connectivity index (χ2v) is 4.95. The second-order valence-electron chi connectivity index (χ2n) is 4.04.